The summed E-state index contributed by atoms with van der Waals surface area (Å²) >= 11 is 0. The van der Waals surface area contributed by atoms with Gasteiger partial charge in [0.1, 0.15) is 0 Å². The molecule has 18 heavy (non-hydrogen) atoms. The van der Waals surface area contributed by atoms with E-state index < -0.39 is 0 Å². The Morgan fingerprint density at radius 2 is 2.00 bits per heavy atom. The summed E-state index contributed by atoms with van der Waals surface area (Å²) in [6.45, 7) is 3.53. The van der Waals surface area contributed by atoms with Crippen LogP contribution in [0.1, 0.15) is 12.0 Å². The topological polar surface area (TPSA) is 55.0 Å². The van der Waals surface area contributed by atoms with Gasteiger partial charge in [-0.05, 0) is 43.7 Å². The Balaban J connectivity index is 2.31. The molecule has 0 unspecified atom stereocenters. The van der Waals surface area contributed by atoms with Crippen LogP contribution < -0.4 is 10.6 Å². The minimum absolute atomic E-state index is 0.669. The maximum Gasteiger partial charge on any atom is 0.155 e. The predicted molar refractivity (Wildman–Crippen MR) is 73.9 cm³/mol. The van der Waals surface area contributed by atoms with Crippen LogP contribution >= 0.6 is 0 Å². The number of benzene rings is 1. The minimum Gasteiger partial charge on any atom is -0.330 e. The van der Waals surface area contributed by atoms with Crippen molar-refractivity contribution in [1.82, 2.24) is 10.2 Å². The van der Waals surface area contributed by atoms with Gasteiger partial charge in [-0.15, -0.1) is 5.10 Å². The van der Waals surface area contributed by atoms with Crippen molar-refractivity contribution in [1.29, 1.82) is 0 Å². The van der Waals surface area contributed by atoms with E-state index >= 15 is 0 Å². The van der Waals surface area contributed by atoms with E-state index in [1.807, 2.05) is 31.2 Å². The lowest BCUT2D eigenvalue weighted by Crippen LogP contribution is -2.22. The van der Waals surface area contributed by atoms with Crippen molar-refractivity contribution < 1.29 is 0 Å². The maximum atomic E-state index is 5.60. The van der Waals surface area contributed by atoms with Crippen LogP contribution in [-0.4, -0.2) is 23.3 Å². The molecule has 2 aromatic rings. The lowest BCUT2D eigenvalue weighted by atomic mass is 10.2. The third-order valence-electron chi connectivity index (χ3n) is 2.71. The van der Waals surface area contributed by atoms with E-state index in [1.54, 1.807) is 6.20 Å². The second kappa shape index (κ2) is 6.12. The van der Waals surface area contributed by atoms with Gasteiger partial charge < -0.3 is 10.6 Å². The number of nitrogens with two attached hydrogens (primary N) is 1. The Kier molecular flexibility index (Phi) is 4.25. The van der Waals surface area contributed by atoms with Gasteiger partial charge in [0.15, 0.2) is 5.82 Å². The Bertz CT molecular complexity index is 484. The van der Waals surface area contributed by atoms with Crippen molar-refractivity contribution in [2.24, 2.45) is 5.73 Å². The van der Waals surface area contributed by atoms with Gasteiger partial charge in [-0.3, -0.25) is 0 Å². The van der Waals surface area contributed by atoms with Crippen molar-refractivity contribution in [3.63, 3.8) is 0 Å². The average Bonchev–Trinajstić information content (AvgIpc) is 2.40. The smallest absolute Gasteiger partial charge is 0.155 e. The molecule has 0 spiro atoms. The quantitative estimate of drug-likeness (QED) is 0.874. The molecule has 94 valence electrons. The number of aromatic nitrogens is 2. The molecular weight excluding hydrogens is 224 g/mol. The zero-order valence-electron chi connectivity index (χ0n) is 10.6. The zero-order valence-corrected chi connectivity index (χ0v) is 10.6. The highest BCUT2D eigenvalue weighted by molar-refractivity contribution is 5.59. The first-order chi connectivity index (χ1) is 8.81. The van der Waals surface area contributed by atoms with E-state index in [1.165, 1.54) is 0 Å². The van der Waals surface area contributed by atoms with Crippen LogP contribution in [-0.2, 0) is 0 Å². The van der Waals surface area contributed by atoms with E-state index in [0.29, 0.717) is 6.54 Å². The predicted octanol–water partition coefficient (Wildman–Crippen LogP) is 2.27. The van der Waals surface area contributed by atoms with E-state index in [4.69, 9.17) is 5.73 Å². The summed E-state index contributed by atoms with van der Waals surface area (Å²) in [5.41, 5.74) is 7.82. The van der Waals surface area contributed by atoms with Crippen LogP contribution in [0.5, 0.6) is 0 Å². The maximum absolute atomic E-state index is 5.60. The molecule has 0 atom stereocenters. The minimum atomic E-state index is 0.669. The van der Waals surface area contributed by atoms with E-state index in [9.17, 15) is 0 Å². The Morgan fingerprint density at radius 3 is 2.67 bits per heavy atom. The summed E-state index contributed by atoms with van der Waals surface area (Å²) in [5, 5.41) is 8.22. The van der Waals surface area contributed by atoms with Gasteiger partial charge >= 0.3 is 0 Å². The third kappa shape index (κ3) is 3.05. The molecule has 1 aromatic carbocycles. The number of rotatable bonds is 5. The molecule has 0 saturated carbocycles. The molecule has 0 fully saturated rings. The van der Waals surface area contributed by atoms with Crippen molar-refractivity contribution >= 4 is 11.5 Å². The third-order valence-corrected chi connectivity index (χ3v) is 2.71. The van der Waals surface area contributed by atoms with Gasteiger partial charge in [0, 0.05) is 12.2 Å². The fourth-order valence-electron chi connectivity index (χ4n) is 1.81. The van der Waals surface area contributed by atoms with Gasteiger partial charge in [0.05, 0.1) is 6.20 Å². The summed E-state index contributed by atoms with van der Waals surface area (Å²) < 4.78 is 0. The number of hydrogen-bond acceptors (Lipinski definition) is 4. The largest absolute Gasteiger partial charge is 0.330 e. The van der Waals surface area contributed by atoms with Crippen LogP contribution in [0.15, 0.2) is 42.6 Å². The second-order valence-corrected chi connectivity index (χ2v) is 4.22. The Labute approximate surface area is 107 Å². The highest BCUT2D eigenvalue weighted by atomic mass is 15.3. The number of hydrogen-bond donors (Lipinski definition) is 1. The summed E-state index contributed by atoms with van der Waals surface area (Å²) in [7, 11) is 0. The lowest BCUT2D eigenvalue weighted by Gasteiger charge is -2.23. The van der Waals surface area contributed by atoms with E-state index in [0.717, 1.165) is 30.0 Å². The molecule has 0 bridgehead atoms. The van der Waals surface area contributed by atoms with E-state index in [-0.39, 0.29) is 0 Å². The summed E-state index contributed by atoms with van der Waals surface area (Å²) in [4.78, 5) is 2.15. The van der Waals surface area contributed by atoms with Gasteiger partial charge in [0.25, 0.3) is 0 Å². The first kappa shape index (κ1) is 12.5. The highest BCUT2D eigenvalue weighted by Gasteiger charge is 2.10. The molecule has 2 N–H and O–H groups in total. The molecule has 2 rings (SSSR count). The SMILES string of the molecule is Cc1cnnc(N(CCCN)c2ccccc2)c1. The van der Waals surface area contributed by atoms with Crippen molar-refractivity contribution in [2.75, 3.05) is 18.0 Å². The first-order valence-corrected chi connectivity index (χ1v) is 6.13. The number of para-hydroxylation sites is 1. The molecule has 1 heterocycles. The standard InChI is InChI=1S/C14H18N4/c1-12-10-14(17-16-11-12)18(9-5-8-15)13-6-3-2-4-7-13/h2-4,6-7,10-11H,5,8-9,15H2,1H3. The summed E-state index contributed by atoms with van der Waals surface area (Å²) in [6.07, 6.45) is 2.68. The highest BCUT2D eigenvalue weighted by Crippen LogP contribution is 2.23. The van der Waals surface area contributed by atoms with Gasteiger partial charge in [-0.2, -0.15) is 5.10 Å². The molecule has 0 aliphatic heterocycles. The van der Waals surface area contributed by atoms with E-state index in [2.05, 4.69) is 27.2 Å². The average molecular weight is 242 g/mol. The molecule has 0 aliphatic rings. The Morgan fingerprint density at radius 1 is 1.22 bits per heavy atom. The molecule has 0 radical (unpaired) electrons. The fourth-order valence-corrected chi connectivity index (χ4v) is 1.81. The number of anilines is 2. The van der Waals surface area contributed by atoms with Crippen molar-refractivity contribution in [2.45, 2.75) is 13.3 Å². The monoisotopic (exact) mass is 242 g/mol. The van der Waals surface area contributed by atoms with Gasteiger partial charge in [0.2, 0.25) is 0 Å². The van der Waals surface area contributed by atoms with Crippen LogP contribution in [0, 0.1) is 6.92 Å². The fraction of sp³-hybridized carbons (Fsp3) is 0.286. The number of nitrogens with zero attached hydrogens (tertiary/aromatic N) is 3. The van der Waals surface area contributed by atoms with Crippen LogP contribution in [0.25, 0.3) is 0 Å². The summed E-state index contributed by atoms with van der Waals surface area (Å²) in [6, 6.07) is 12.2. The van der Waals surface area contributed by atoms with Crippen LogP contribution in [0.4, 0.5) is 11.5 Å². The normalized spacial score (nSPS) is 10.3. The first-order valence-electron chi connectivity index (χ1n) is 6.13. The molecule has 0 amide bonds. The molecule has 0 aliphatic carbocycles. The van der Waals surface area contributed by atoms with Crippen molar-refractivity contribution in [3.8, 4) is 0 Å². The molecule has 4 heteroatoms. The molecule has 4 nitrogen and oxygen atoms in total. The Hall–Kier alpha value is -1.94. The van der Waals surface area contributed by atoms with Crippen LogP contribution in [0.2, 0.25) is 0 Å². The molecule has 1 aromatic heterocycles. The summed E-state index contributed by atoms with van der Waals surface area (Å²) in [5.74, 6) is 0.870. The zero-order chi connectivity index (χ0) is 12.8. The second-order valence-electron chi connectivity index (χ2n) is 4.22. The molecular formula is C14H18N4. The van der Waals surface area contributed by atoms with Crippen LogP contribution in [0.3, 0.4) is 0 Å². The van der Waals surface area contributed by atoms with Gasteiger partial charge in [-0.1, -0.05) is 18.2 Å². The number of aryl methyl sites for hydroxylation is 1. The van der Waals surface area contributed by atoms with Gasteiger partial charge in [-0.25, -0.2) is 0 Å². The molecule has 0 saturated heterocycles. The lowest BCUT2D eigenvalue weighted by molar-refractivity contribution is 0.800. The van der Waals surface area contributed by atoms with Crippen molar-refractivity contribution in [3.05, 3.63) is 48.2 Å².